The molecule has 0 aliphatic carbocycles. The normalized spacial score (nSPS) is 15.1. The van der Waals surface area contributed by atoms with Crippen LogP contribution in [-0.2, 0) is 10.5 Å². The molecule has 1 aliphatic heterocycles. The minimum atomic E-state index is -0.330. The Bertz CT molecular complexity index is 891. The fourth-order valence-electron chi connectivity index (χ4n) is 3.26. The van der Waals surface area contributed by atoms with E-state index >= 15 is 0 Å². The third-order valence-corrected chi connectivity index (χ3v) is 6.45. The number of hydrogen-bond donors (Lipinski definition) is 3. The Morgan fingerprint density at radius 2 is 1.97 bits per heavy atom. The van der Waals surface area contributed by atoms with E-state index in [-0.39, 0.29) is 17.9 Å². The molecule has 0 bridgehead atoms. The van der Waals surface area contributed by atoms with Crippen LogP contribution in [0.2, 0.25) is 5.02 Å². The van der Waals surface area contributed by atoms with E-state index < -0.39 is 0 Å². The van der Waals surface area contributed by atoms with Crippen LogP contribution in [0, 0.1) is 0 Å². The minimum absolute atomic E-state index is 0.0914. The van der Waals surface area contributed by atoms with E-state index in [2.05, 4.69) is 22.9 Å². The standard InChI is InChI=1S/C23H28ClN3O2S/c1-2-3-4-7-12-25-22(28)16-10-11-19-20(13-16)27-23(29)21(26-19)15-30-14-17-8-5-6-9-18(17)24/h5-6,8-11,13,21,26H,2-4,7,12,14-15H2,1H3,(H,25,28)(H,27,29)/t21-/m0/s1. The van der Waals surface area contributed by atoms with Crippen molar-refractivity contribution in [2.45, 2.75) is 44.4 Å². The number of carbonyl (C=O) groups excluding carboxylic acids is 2. The lowest BCUT2D eigenvalue weighted by molar-refractivity contribution is -0.116. The molecular weight excluding hydrogens is 418 g/mol. The number of benzene rings is 2. The zero-order chi connectivity index (χ0) is 21.3. The molecule has 7 heteroatoms. The van der Waals surface area contributed by atoms with Crippen LogP contribution in [0.3, 0.4) is 0 Å². The fourth-order valence-corrected chi connectivity index (χ4v) is 4.60. The maximum atomic E-state index is 12.5. The van der Waals surface area contributed by atoms with Crippen LogP contribution in [-0.4, -0.2) is 30.2 Å². The third kappa shape index (κ3) is 6.16. The van der Waals surface area contributed by atoms with E-state index in [4.69, 9.17) is 11.6 Å². The zero-order valence-corrected chi connectivity index (χ0v) is 18.7. The van der Waals surface area contributed by atoms with Crippen molar-refractivity contribution in [3.05, 3.63) is 58.6 Å². The number of anilines is 2. The van der Waals surface area contributed by atoms with Gasteiger partial charge in [0.1, 0.15) is 6.04 Å². The molecule has 0 aromatic heterocycles. The number of hydrogen-bond acceptors (Lipinski definition) is 4. The SMILES string of the molecule is CCCCCCNC(=O)c1ccc2c(c1)NC(=O)[C@H](CSCc1ccccc1Cl)N2. The molecule has 30 heavy (non-hydrogen) atoms. The predicted molar refractivity (Wildman–Crippen MR) is 127 cm³/mol. The van der Waals surface area contributed by atoms with Crippen LogP contribution in [0.15, 0.2) is 42.5 Å². The third-order valence-electron chi connectivity index (χ3n) is 5.00. The summed E-state index contributed by atoms with van der Waals surface area (Å²) in [7, 11) is 0. The maximum Gasteiger partial charge on any atom is 0.251 e. The van der Waals surface area contributed by atoms with Gasteiger partial charge in [-0.25, -0.2) is 0 Å². The summed E-state index contributed by atoms with van der Waals surface area (Å²) in [6.45, 7) is 2.83. The first-order valence-corrected chi connectivity index (χ1v) is 11.9. The molecule has 2 aromatic rings. The molecule has 3 N–H and O–H groups in total. The molecule has 1 heterocycles. The van der Waals surface area contributed by atoms with Crippen LogP contribution >= 0.6 is 23.4 Å². The number of nitrogens with one attached hydrogen (secondary N) is 3. The molecule has 0 saturated carbocycles. The van der Waals surface area contributed by atoms with Crippen LogP contribution < -0.4 is 16.0 Å². The summed E-state index contributed by atoms with van der Waals surface area (Å²) in [5, 5.41) is 9.90. The second kappa shape index (κ2) is 11.3. The molecule has 0 fully saturated rings. The Labute approximate surface area is 187 Å². The molecule has 3 rings (SSSR count). The Morgan fingerprint density at radius 1 is 1.13 bits per heavy atom. The number of fused-ring (bicyclic) bond motifs is 1. The molecular formula is C23H28ClN3O2S. The molecule has 0 unspecified atom stereocenters. The van der Waals surface area contributed by atoms with Crippen molar-refractivity contribution in [1.82, 2.24) is 5.32 Å². The van der Waals surface area contributed by atoms with Crippen LogP contribution in [0.4, 0.5) is 11.4 Å². The molecule has 0 saturated heterocycles. The van der Waals surface area contributed by atoms with Gasteiger partial charge in [-0.3, -0.25) is 9.59 Å². The second-order valence-electron chi connectivity index (χ2n) is 7.37. The number of halogens is 1. The lowest BCUT2D eigenvalue weighted by Gasteiger charge is -2.27. The summed E-state index contributed by atoms with van der Waals surface area (Å²) in [6, 6.07) is 12.8. The topological polar surface area (TPSA) is 70.2 Å². The first-order valence-electron chi connectivity index (χ1n) is 10.4. The van der Waals surface area contributed by atoms with Gasteiger partial charge in [-0.05, 0) is 36.2 Å². The average molecular weight is 446 g/mol. The summed E-state index contributed by atoms with van der Waals surface area (Å²) >= 11 is 7.85. The number of thioether (sulfide) groups is 1. The number of amides is 2. The average Bonchev–Trinajstić information content (AvgIpc) is 2.74. The lowest BCUT2D eigenvalue weighted by Crippen LogP contribution is -2.40. The highest BCUT2D eigenvalue weighted by Crippen LogP contribution is 2.29. The summed E-state index contributed by atoms with van der Waals surface area (Å²) in [6.07, 6.45) is 4.46. The number of carbonyl (C=O) groups is 2. The molecule has 5 nitrogen and oxygen atoms in total. The van der Waals surface area contributed by atoms with Gasteiger partial charge in [0.2, 0.25) is 5.91 Å². The van der Waals surface area contributed by atoms with Gasteiger partial charge >= 0.3 is 0 Å². The molecule has 2 aromatic carbocycles. The Kier molecular flexibility index (Phi) is 8.46. The van der Waals surface area contributed by atoms with Crippen molar-refractivity contribution in [1.29, 1.82) is 0 Å². The fraction of sp³-hybridized carbons (Fsp3) is 0.391. The van der Waals surface area contributed by atoms with E-state index in [9.17, 15) is 9.59 Å². The van der Waals surface area contributed by atoms with E-state index in [0.717, 1.165) is 34.9 Å². The van der Waals surface area contributed by atoms with Gasteiger partial charge in [0.15, 0.2) is 0 Å². The van der Waals surface area contributed by atoms with Gasteiger partial charge in [0, 0.05) is 28.6 Å². The van der Waals surface area contributed by atoms with Crippen molar-refractivity contribution in [3.8, 4) is 0 Å². The van der Waals surface area contributed by atoms with E-state index in [1.165, 1.54) is 12.8 Å². The van der Waals surface area contributed by atoms with Gasteiger partial charge in [-0.1, -0.05) is 56.0 Å². The zero-order valence-electron chi connectivity index (χ0n) is 17.2. The maximum absolute atomic E-state index is 12.5. The summed E-state index contributed by atoms with van der Waals surface area (Å²) in [5.41, 5.74) is 3.09. The molecule has 1 atom stereocenters. The van der Waals surface area contributed by atoms with Gasteiger partial charge in [0.05, 0.1) is 11.4 Å². The summed E-state index contributed by atoms with van der Waals surface area (Å²) in [4.78, 5) is 24.9. The van der Waals surface area contributed by atoms with Gasteiger partial charge in [0.25, 0.3) is 5.91 Å². The predicted octanol–water partition coefficient (Wildman–Crippen LogP) is 5.32. The van der Waals surface area contributed by atoms with Gasteiger partial charge in [-0.2, -0.15) is 11.8 Å². The summed E-state index contributed by atoms with van der Waals surface area (Å²) in [5.74, 6) is 1.17. The quantitative estimate of drug-likeness (QED) is 0.433. The van der Waals surface area contributed by atoms with Gasteiger partial charge < -0.3 is 16.0 Å². The number of rotatable bonds is 10. The van der Waals surface area contributed by atoms with Gasteiger partial charge in [-0.15, -0.1) is 0 Å². The van der Waals surface area contributed by atoms with E-state index in [0.29, 0.717) is 23.5 Å². The van der Waals surface area contributed by atoms with Crippen molar-refractivity contribution >= 4 is 46.6 Å². The first kappa shape index (κ1) is 22.5. The molecule has 0 radical (unpaired) electrons. The largest absolute Gasteiger partial charge is 0.371 e. The first-order chi connectivity index (χ1) is 14.6. The minimum Gasteiger partial charge on any atom is -0.371 e. The Morgan fingerprint density at radius 3 is 2.77 bits per heavy atom. The van der Waals surface area contributed by atoms with Crippen LogP contribution in [0.25, 0.3) is 0 Å². The van der Waals surface area contributed by atoms with Crippen molar-refractivity contribution < 1.29 is 9.59 Å². The summed E-state index contributed by atoms with van der Waals surface area (Å²) < 4.78 is 0. The number of unbranched alkanes of at least 4 members (excludes halogenated alkanes) is 3. The Balaban J connectivity index is 1.52. The van der Waals surface area contributed by atoms with Crippen LogP contribution in [0.1, 0.15) is 48.5 Å². The highest BCUT2D eigenvalue weighted by atomic mass is 35.5. The molecule has 0 spiro atoms. The van der Waals surface area contributed by atoms with E-state index in [1.807, 2.05) is 30.3 Å². The Hall–Kier alpha value is -2.18. The monoisotopic (exact) mass is 445 g/mol. The van der Waals surface area contributed by atoms with E-state index in [1.54, 1.807) is 23.9 Å². The molecule has 2 amide bonds. The van der Waals surface area contributed by atoms with Crippen molar-refractivity contribution in [2.24, 2.45) is 0 Å². The lowest BCUT2D eigenvalue weighted by atomic mass is 10.1. The highest BCUT2D eigenvalue weighted by molar-refractivity contribution is 7.98. The van der Waals surface area contributed by atoms with Crippen molar-refractivity contribution in [2.75, 3.05) is 22.9 Å². The van der Waals surface area contributed by atoms with Crippen LogP contribution in [0.5, 0.6) is 0 Å². The molecule has 1 aliphatic rings. The second-order valence-corrected chi connectivity index (χ2v) is 8.81. The smallest absolute Gasteiger partial charge is 0.251 e. The molecule has 160 valence electrons. The van der Waals surface area contributed by atoms with Crippen molar-refractivity contribution in [3.63, 3.8) is 0 Å². The highest BCUT2D eigenvalue weighted by Gasteiger charge is 2.26.